The third kappa shape index (κ3) is 5.78. The van der Waals surface area contributed by atoms with Gasteiger partial charge < -0.3 is 14.2 Å². The van der Waals surface area contributed by atoms with Crippen LogP contribution >= 0.6 is 0 Å². The third-order valence-electron chi connectivity index (χ3n) is 6.17. The molecule has 1 saturated heterocycles. The summed E-state index contributed by atoms with van der Waals surface area (Å²) in [6, 6.07) is 11.4. The van der Waals surface area contributed by atoms with E-state index in [1.807, 2.05) is 50.2 Å². The molecule has 182 valence electrons. The summed E-state index contributed by atoms with van der Waals surface area (Å²) >= 11 is 0. The number of sulfone groups is 1. The molecule has 1 atom stereocenters. The van der Waals surface area contributed by atoms with Crippen molar-refractivity contribution in [2.45, 2.75) is 63.0 Å². The second kappa shape index (κ2) is 9.41. The molecule has 4 rings (SSSR count). The number of rotatable bonds is 4. The number of ether oxygens (including phenoxy) is 1. The number of nitrogens with zero attached hydrogens (tertiary/aromatic N) is 3. The Balaban J connectivity index is 1.41. The van der Waals surface area contributed by atoms with Crippen LogP contribution in [-0.2, 0) is 21.1 Å². The van der Waals surface area contributed by atoms with Crippen LogP contribution in [0.25, 0.3) is 10.9 Å². The largest absolute Gasteiger partial charge is 0.444 e. The van der Waals surface area contributed by atoms with Gasteiger partial charge in [0.05, 0.1) is 4.90 Å². The highest BCUT2D eigenvalue weighted by Crippen LogP contribution is 2.28. The first-order valence-electron chi connectivity index (χ1n) is 11.7. The predicted octanol–water partition coefficient (Wildman–Crippen LogP) is 4.99. The Labute approximate surface area is 201 Å². The summed E-state index contributed by atoms with van der Waals surface area (Å²) in [7, 11) is -3.23. The molecule has 0 aliphatic carbocycles. The quantitative estimate of drug-likeness (QED) is 0.522. The number of pyridine rings is 1. The van der Waals surface area contributed by atoms with E-state index in [9.17, 15) is 13.2 Å². The first-order valence-corrected chi connectivity index (χ1v) is 13.6. The van der Waals surface area contributed by atoms with Crippen LogP contribution in [0, 0.1) is 0 Å². The maximum Gasteiger partial charge on any atom is 0.410 e. The van der Waals surface area contributed by atoms with Crippen LogP contribution in [0.4, 0.5) is 4.79 Å². The summed E-state index contributed by atoms with van der Waals surface area (Å²) in [6.07, 6.45) is 7.68. The molecule has 1 aromatic carbocycles. The maximum atomic E-state index is 12.4. The molecule has 3 aromatic rings. The minimum Gasteiger partial charge on any atom is -0.444 e. The fourth-order valence-electron chi connectivity index (χ4n) is 4.42. The molecular formula is C26H33N3O4S. The molecule has 0 spiro atoms. The number of hydrogen-bond acceptors (Lipinski definition) is 5. The number of hydrogen-bond donors (Lipinski definition) is 0. The minimum atomic E-state index is -3.23. The average molecular weight is 484 g/mol. The smallest absolute Gasteiger partial charge is 0.410 e. The molecular weight excluding hydrogens is 450 g/mol. The van der Waals surface area contributed by atoms with Gasteiger partial charge in [-0.05, 0) is 75.9 Å². The number of amides is 1. The monoisotopic (exact) mass is 483 g/mol. The van der Waals surface area contributed by atoms with Crippen molar-refractivity contribution in [2.75, 3.05) is 19.3 Å². The standard InChI is InChI=1S/C26H33N3O4S/c1-26(2,3)33-25(30)28-13-5-6-20(11-14-28)23-9-7-19(17-27-23)18-29-15-12-21-16-22(34(4,31)32)8-10-24(21)29/h7-10,12,15-17,20H,5-6,11,13-14,18H2,1-4H3. The third-order valence-corrected chi connectivity index (χ3v) is 7.28. The van der Waals surface area contributed by atoms with Gasteiger partial charge in [-0.2, -0.15) is 0 Å². The fraction of sp³-hybridized carbons (Fsp3) is 0.462. The highest BCUT2D eigenvalue weighted by Gasteiger charge is 2.26. The summed E-state index contributed by atoms with van der Waals surface area (Å²) in [4.78, 5) is 19.3. The first-order chi connectivity index (χ1) is 16.0. The van der Waals surface area contributed by atoms with Crippen molar-refractivity contribution in [3.63, 3.8) is 0 Å². The minimum absolute atomic E-state index is 0.237. The van der Waals surface area contributed by atoms with Crippen molar-refractivity contribution in [3.8, 4) is 0 Å². The van der Waals surface area contributed by atoms with E-state index in [0.717, 1.165) is 41.4 Å². The zero-order valence-electron chi connectivity index (χ0n) is 20.3. The normalized spacial score (nSPS) is 17.5. The molecule has 0 radical (unpaired) electrons. The van der Waals surface area contributed by atoms with Crippen LogP contribution in [0.3, 0.4) is 0 Å². The molecule has 1 amide bonds. The van der Waals surface area contributed by atoms with Gasteiger partial charge in [-0.15, -0.1) is 0 Å². The second-order valence-electron chi connectivity index (χ2n) is 10.1. The number of likely N-dealkylation sites (tertiary alicyclic amines) is 1. The van der Waals surface area contributed by atoms with E-state index in [1.54, 1.807) is 12.1 Å². The highest BCUT2D eigenvalue weighted by atomic mass is 32.2. The summed E-state index contributed by atoms with van der Waals surface area (Å²) in [6.45, 7) is 7.71. The Morgan fingerprint density at radius 1 is 1.12 bits per heavy atom. The van der Waals surface area contributed by atoms with Crippen LogP contribution in [0.5, 0.6) is 0 Å². The molecule has 1 aliphatic heterocycles. The van der Waals surface area contributed by atoms with E-state index >= 15 is 0 Å². The van der Waals surface area contributed by atoms with E-state index in [2.05, 4.69) is 16.7 Å². The van der Waals surface area contributed by atoms with Crippen molar-refractivity contribution in [1.82, 2.24) is 14.5 Å². The fourth-order valence-corrected chi connectivity index (χ4v) is 5.07. The van der Waals surface area contributed by atoms with Crippen LogP contribution in [0.2, 0.25) is 0 Å². The average Bonchev–Trinajstić information content (AvgIpc) is 2.98. The molecule has 0 N–H and O–H groups in total. The number of benzene rings is 1. The van der Waals surface area contributed by atoms with Crippen LogP contribution in [0.15, 0.2) is 53.7 Å². The van der Waals surface area contributed by atoms with Gasteiger partial charge >= 0.3 is 6.09 Å². The molecule has 7 nitrogen and oxygen atoms in total. The summed E-state index contributed by atoms with van der Waals surface area (Å²) in [5.41, 5.74) is 2.64. The zero-order valence-corrected chi connectivity index (χ0v) is 21.1. The van der Waals surface area contributed by atoms with Crippen molar-refractivity contribution in [3.05, 3.63) is 60.0 Å². The van der Waals surface area contributed by atoms with Gasteiger partial charge in [0.2, 0.25) is 0 Å². The van der Waals surface area contributed by atoms with Gasteiger partial charge in [-0.3, -0.25) is 4.98 Å². The topological polar surface area (TPSA) is 81.5 Å². The number of fused-ring (bicyclic) bond motifs is 1. The van der Waals surface area contributed by atoms with Crippen molar-refractivity contribution >= 4 is 26.8 Å². The number of carbonyl (C=O) groups is 1. The lowest BCUT2D eigenvalue weighted by atomic mass is 9.96. The van der Waals surface area contributed by atoms with Gasteiger partial charge in [-0.1, -0.05) is 6.07 Å². The zero-order chi connectivity index (χ0) is 24.5. The Morgan fingerprint density at radius 3 is 2.59 bits per heavy atom. The molecule has 1 fully saturated rings. The lowest BCUT2D eigenvalue weighted by Crippen LogP contribution is -2.37. The molecule has 0 saturated carbocycles. The summed E-state index contributed by atoms with van der Waals surface area (Å²) in [5.74, 6) is 0.323. The van der Waals surface area contributed by atoms with Crippen LogP contribution in [0.1, 0.15) is 57.2 Å². The maximum absolute atomic E-state index is 12.4. The van der Waals surface area contributed by atoms with Gasteiger partial charge in [0.15, 0.2) is 9.84 Å². The second-order valence-corrected chi connectivity index (χ2v) is 12.1. The molecule has 1 aliphatic rings. The van der Waals surface area contributed by atoms with E-state index in [4.69, 9.17) is 9.72 Å². The molecule has 8 heteroatoms. The van der Waals surface area contributed by atoms with Crippen LogP contribution < -0.4 is 0 Å². The highest BCUT2D eigenvalue weighted by molar-refractivity contribution is 7.90. The van der Waals surface area contributed by atoms with E-state index in [0.29, 0.717) is 30.4 Å². The molecule has 34 heavy (non-hydrogen) atoms. The molecule has 1 unspecified atom stereocenters. The Hall–Kier alpha value is -2.87. The lowest BCUT2D eigenvalue weighted by Gasteiger charge is -2.26. The predicted molar refractivity (Wildman–Crippen MR) is 133 cm³/mol. The Morgan fingerprint density at radius 2 is 1.91 bits per heavy atom. The Bertz CT molecular complexity index is 1270. The SMILES string of the molecule is CC(C)(C)OC(=O)N1CCCC(c2ccc(Cn3ccc4cc(S(C)(=O)=O)ccc43)cn2)CC1. The first kappa shape index (κ1) is 24.3. The van der Waals surface area contributed by atoms with Gasteiger partial charge in [0, 0.05) is 60.8 Å². The van der Waals surface area contributed by atoms with Gasteiger partial charge in [-0.25, -0.2) is 13.2 Å². The molecule has 3 heterocycles. The number of aromatic nitrogens is 2. The van der Waals surface area contributed by atoms with Gasteiger partial charge in [0.1, 0.15) is 5.60 Å². The lowest BCUT2D eigenvalue weighted by molar-refractivity contribution is 0.0256. The van der Waals surface area contributed by atoms with E-state index in [-0.39, 0.29) is 6.09 Å². The van der Waals surface area contributed by atoms with Crippen molar-refractivity contribution in [1.29, 1.82) is 0 Å². The van der Waals surface area contributed by atoms with Crippen LogP contribution in [-0.4, -0.2) is 53.9 Å². The van der Waals surface area contributed by atoms with Crippen molar-refractivity contribution < 1.29 is 17.9 Å². The molecule has 0 bridgehead atoms. The van der Waals surface area contributed by atoms with E-state index in [1.165, 1.54) is 6.26 Å². The van der Waals surface area contributed by atoms with E-state index < -0.39 is 15.4 Å². The number of carbonyl (C=O) groups excluding carboxylic acids is 1. The van der Waals surface area contributed by atoms with Crippen molar-refractivity contribution in [2.24, 2.45) is 0 Å². The summed E-state index contributed by atoms with van der Waals surface area (Å²) in [5, 5.41) is 0.903. The molecule has 2 aromatic heterocycles. The summed E-state index contributed by atoms with van der Waals surface area (Å²) < 4.78 is 31.3. The van der Waals surface area contributed by atoms with Gasteiger partial charge in [0.25, 0.3) is 0 Å². The Kier molecular flexibility index (Phi) is 6.71.